The van der Waals surface area contributed by atoms with Gasteiger partial charge >= 0.3 is 0 Å². The lowest BCUT2D eigenvalue weighted by atomic mass is 10.2. The van der Waals surface area contributed by atoms with Gasteiger partial charge in [-0.15, -0.1) is 11.3 Å². The van der Waals surface area contributed by atoms with Crippen LogP contribution in [0, 0.1) is 6.92 Å². The predicted octanol–water partition coefficient (Wildman–Crippen LogP) is 2.50. The van der Waals surface area contributed by atoms with E-state index in [0.29, 0.717) is 16.3 Å². The fourth-order valence-corrected chi connectivity index (χ4v) is 2.29. The second-order valence-electron chi connectivity index (χ2n) is 4.03. The van der Waals surface area contributed by atoms with Crippen molar-refractivity contribution in [2.24, 2.45) is 5.10 Å². The van der Waals surface area contributed by atoms with Crippen LogP contribution in [0.4, 0.5) is 0 Å². The van der Waals surface area contributed by atoms with Gasteiger partial charge in [0.05, 0.1) is 23.3 Å². The number of phenolic OH excluding ortho intramolecular Hbond substituents is 1. The summed E-state index contributed by atoms with van der Waals surface area (Å²) in [6.07, 6.45) is 1.51. The topological polar surface area (TPSA) is 74.6 Å². The van der Waals surface area contributed by atoms with E-state index >= 15 is 0 Å². The summed E-state index contributed by atoms with van der Waals surface area (Å²) in [5.74, 6) is -0.226. The summed E-state index contributed by atoms with van der Waals surface area (Å²) in [5, 5.41) is 16.6. The molecule has 0 unspecified atom stereocenters. The Morgan fingerprint density at radius 3 is 3.10 bits per heavy atom. The average molecular weight is 310 g/mol. The first-order valence-corrected chi connectivity index (χ1v) is 7.02. The molecule has 2 aromatic rings. The van der Waals surface area contributed by atoms with Crippen LogP contribution in [0.5, 0.6) is 5.75 Å². The van der Waals surface area contributed by atoms with Crippen molar-refractivity contribution in [1.29, 1.82) is 0 Å². The quantitative estimate of drug-likeness (QED) is 0.673. The van der Waals surface area contributed by atoms with Crippen LogP contribution >= 0.6 is 22.9 Å². The zero-order chi connectivity index (χ0) is 14.5. The third-order valence-corrected chi connectivity index (χ3v) is 3.45. The summed E-state index contributed by atoms with van der Waals surface area (Å²) in [5.41, 5.74) is 3.52. The molecule has 20 heavy (non-hydrogen) atoms. The van der Waals surface area contributed by atoms with Crippen LogP contribution in [0.15, 0.2) is 28.7 Å². The number of amides is 1. The monoisotopic (exact) mass is 309 g/mol. The number of aryl methyl sites for hydroxylation is 1. The highest BCUT2D eigenvalue weighted by molar-refractivity contribution is 7.09. The number of nitrogens with one attached hydrogen (secondary N) is 1. The van der Waals surface area contributed by atoms with Crippen LogP contribution in [0.25, 0.3) is 0 Å². The molecule has 1 heterocycles. The molecule has 1 aromatic carbocycles. The minimum Gasteiger partial charge on any atom is -0.507 e. The molecule has 0 radical (unpaired) electrons. The second kappa shape index (κ2) is 6.49. The molecule has 0 aliphatic carbocycles. The Kier molecular flexibility index (Phi) is 4.70. The van der Waals surface area contributed by atoms with Crippen molar-refractivity contribution >= 4 is 35.1 Å². The minimum absolute atomic E-state index is 0.0440. The number of hydrazone groups is 1. The number of aromatic hydroxyl groups is 1. The highest BCUT2D eigenvalue weighted by Gasteiger charge is 2.05. The number of carbonyl (C=O) groups excluding carboxylic acids is 1. The lowest BCUT2D eigenvalue weighted by Crippen LogP contribution is -2.19. The van der Waals surface area contributed by atoms with Gasteiger partial charge in [-0.25, -0.2) is 10.4 Å². The molecular formula is C13H12ClN3O2S. The number of hydrogen-bond donors (Lipinski definition) is 2. The molecule has 0 aliphatic rings. The first-order valence-electron chi connectivity index (χ1n) is 5.76. The summed E-state index contributed by atoms with van der Waals surface area (Å²) in [6.45, 7) is 1.88. The van der Waals surface area contributed by atoms with Gasteiger partial charge in [0, 0.05) is 16.0 Å². The number of hydrogen-bond acceptors (Lipinski definition) is 5. The molecule has 0 atom stereocenters. The standard InChI is InChI=1S/C13H12ClN3O2S/c1-8-16-11(7-20-8)5-13(19)17-15-6-9-4-10(14)2-3-12(9)18/h2-4,6-7,18H,5H2,1H3,(H,17,19)/b15-6+. The maximum atomic E-state index is 11.6. The molecule has 0 saturated carbocycles. The molecule has 0 spiro atoms. The zero-order valence-electron chi connectivity index (χ0n) is 10.6. The van der Waals surface area contributed by atoms with Gasteiger partial charge in [-0.3, -0.25) is 4.79 Å². The van der Waals surface area contributed by atoms with Gasteiger partial charge in [-0.05, 0) is 25.1 Å². The molecule has 0 aliphatic heterocycles. The van der Waals surface area contributed by atoms with E-state index < -0.39 is 0 Å². The number of carbonyl (C=O) groups is 1. The van der Waals surface area contributed by atoms with Gasteiger partial charge < -0.3 is 5.11 Å². The van der Waals surface area contributed by atoms with E-state index in [4.69, 9.17) is 11.6 Å². The smallest absolute Gasteiger partial charge is 0.246 e. The Morgan fingerprint density at radius 2 is 2.40 bits per heavy atom. The van der Waals surface area contributed by atoms with Crippen LogP contribution in [0.3, 0.4) is 0 Å². The summed E-state index contributed by atoms with van der Waals surface area (Å²) in [4.78, 5) is 15.8. The first kappa shape index (κ1) is 14.5. The number of phenols is 1. The van der Waals surface area contributed by atoms with Crippen molar-refractivity contribution in [3.8, 4) is 5.75 Å². The zero-order valence-corrected chi connectivity index (χ0v) is 12.2. The van der Waals surface area contributed by atoms with E-state index in [1.54, 1.807) is 12.1 Å². The fourth-order valence-electron chi connectivity index (χ4n) is 1.50. The molecule has 7 heteroatoms. The molecule has 2 N–H and O–H groups in total. The summed E-state index contributed by atoms with van der Waals surface area (Å²) >= 11 is 7.29. The number of halogens is 1. The Hall–Kier alpha value is -1.92. The van der Waals surface area contributed by atoms with E-state index in [1.807, 2.05) is 12.3 Å². The van der Waals surface area contributed by atoms with E-state index in [0.717, 1.165) is 5.01 Å². The van der Waals surface area contributed by atoms with Crippen molar-refractivity contribution in [3.05, 3.63) is 44.9 Å². The Labute approximate surface area is 124 Å². The fraction of sp³-hybridized carbons (Fsp3) is 0.154. The number of nitrogens with zero attached hydrogens (tertiary/aromatic N) is 2. The first-order chi connectivity index (χ1) is 9.54. The normalized spacial score (nSPS) is 10.9. The Bertz CT molecular complexity index is 655. The maximum absolute atomic E-state index is 11.6. The van der Waals surface area contributed by atoms with Crippen LogP contribution in [-0.2, 0) is 11.2 Å². The lowest BCUT2D eigenvalue weighted by Gasteiger charge is -2.00. The molecule has 1 amide bonds. The SMILES string of the molecule is Cc1nc(CC(=O)N/N=C/c2cc(Cl)ccc2O)cs1. The van der Waals surface area contributed by atoms with Gasteiger partial charge in [0.2, 0.25) is 5.91 Å². The molecule has 1 aromatic heterocycles. The van der Waals surface area contributed by atoms with Gasteiger partial charge in [-0.2, -0.15) is 5.10 Å². The third kappa shape index (κ3) is 4.04. The molecule has 0 bridgehead atoms. The highest BCUT2D eigenvalue weighted by Crippen LogP contribution is 2.19. The molecule has 5 nitrogen and oxygen atoms in total. The van der Waals surface area contributed by atoms with Crippen molar-refractivity contribution < 1.29 is 9.90 Å². The van der Waals surface area contributed by atoms with E-state index in [-0.39, 0.29) is 18.1 Å². The van der Waals surface area contributed by atoms with Gasteiger partial charge in [-0.1, -0.05) is 11.6 Å². The molecule has 0 saturated heterocycles. The third-order valence-electron chi connectivity index (χ3n) is 2.39. The molecular weight excluding hydrogens is 298 g/mol. The van der Waals surface area contributed by atoms with Crippen molar-refractivity contribution in [2.45, 2.75) is 13.3 Å². The van der Waals surface area contributed by atoms with Gasteiger partial charge in [0.15, 0.2) is 0 Å². The molecule has 2 rings (SSSR count). The van der Waals surface area contributed by atoms with E-state index in [2.05, 4.69) is 15.5 Å². The van der Waals surface area contributed by atoms with Crippen LogP contribution < -0.4 is 5.43 Å². The lowest BCUT2D eigenvalue weighted by molar-refractivity contribution is -0.120. The maximum Gasteiger partial charge on any atom is 0.246 e. The Balaban J connectivity index is 1.92. The Morgan fingerprint density at radius 1 is 1.60 bits per heavy atom. The van der Waals surface area contributed by atoms with E-state index in [9.17, 15) is 9.90 Å². The van der Waals surface area contributed by atoms with Crippen LogP contribution in [0.2, 0.25) is 5.02 Å². The van der Waals surface area contributed by atoms with Crippen molar-refractivity contribution in [2.75, 3.05) is 0 Å². The molecule has 0 fully saturated rings. The second-order valence-corrected chi connectivity index (χ2v) is 5.53. The largest absolute Gasteiger partial charge is 0.507 e. The predicted molar refractivity (Wildman–Crippen MR) is 79.4 cm³/mol. The summed E-state index contributed by atoms with van der Waals surface area (Å²) in [7, 11) is 0. The highest BCUT2D eigenvalue weighted by atomic mass is 35.5. The molecule has 104 valence electrons. The van der Waals surface area contributed by atoms with Crippen molar-refractivity contribution in [3.63, 3.8) is 0 Å². The summed E-state index contributed by atoms with van der Waals surface area (Å²) in [6, 6.07) is 4.58. The van der Waals surface area contributed by atoms with Gasteiger partial charge in [0.1, 0.15) is 5.75 Å². The number of aromatic nitrogens is 1. The number of rotatable bonds is 4. The van der Waals surface area contributed by atoms with E-state index in [1.165, 1.54) is 23.6 Å². The van der Waals surface area contributed by atoms with Gasteiger partial charge in [0.25, 0.3) is 0 Å². The number of benzene rings is 1. The van der Waals surface area contributed by atoms with Crippen molar-refractivity contribution in [1.82, 2.24) is 10.4 Å². The van der Waals surface area contributed by atoms with Crippen LogP contribution in [-0.4, -0.2) is 22.2 Å². The minimum atomic E-state index is -0.270. The summed E-state index contributed by atoms with van der Waals surface area (Å²) < 4.78 is 0. The average Bonchev–Trinajstić information content (AvgIpc) is 2.79. The van der Waals surface area contributed by atoms with Crippen LogP contribution in [0.1, 0.15) is 16.3 Å². The number of thiazole rings is 1.